The molecule has 4 rings (SSSR count). The molecular formula is C19H23N3O2S. The summed E-state index contributed by atoms with van der Waals surface area (Å²) < 4.78 is 7.75. The van der Waals surface area contributed by atoms with Gasteiger partial charge in [0, 0.05) is 17.7 Å². The quantitative estimate of drug-likeness (QED) is 0.529. The molecule has 5 nitrogen and oxygen atoms in total. The monoisotopic (exact) mass is 357 g/mol. The van der Waals surface area contributed by atoms with E-state index in [-0.39, 0.29) is 11.9 Å². The molecule has 0 bridgehead atoms. The third kappa shape index (κ3) is 4.06. The number of carbonyl (C=O) groups is 1. The van der Waals surface area contributed by atoms with E-state index in [1.807, 2.05) is 37.3 Å². The van der Waals surface area contributed by atoms with Gasteiger partial charge >= 0.3 is 5.97 Å². The maximum atomic E-state index is 12.2. The van der Waals surface area contributed by atoms with E-state index in [4.69, 9.17) is 4.74 Å². The van der Waals surface area contributed by atoms with E-state index in [2.05, 4.69) is 14.8 Å². The number of thioether (sulfide) groups is 1. The van der Waals surface area contributed by atoms with Crippen LogP contribution in [0.15, 0.2) is 35.5 Å². The highest BCUT2D eigenvalue weighted by Gasteiger charge is 2.36. The Balaban J connectivity index is 1.31. The first-order valence-electron chi connectivity index (χ1n) is 9.00. The minimum absolute atomic E-state index is 0.156. The Hall–Kier alpha value is -1.82. The molecule has 1 aromatic heterocycles. The molecule has 0 N–H and O–H groups in total. The van der Waals surface area contributed by atoms with Gasteiger partial charge in [0.2, 0.25) is 0 Å². The van der Waals surface area contributed by atoms with Gasteiger partial charge in [-0.1, -0.05) is 49.0 Å². The van der Waals surface area contributed by atoms with E-state index in [1.165, 1.54) is 25.7 Å². The highest BCUT2D eigenvalue weighted by atomic mass is 32.2. The maximum Gasteiger partial charge on any atom is 0.309 e. The second-order valence-corrected chi connectivity index (χ2v) is 8.01. The van der Waals surface area contributed by atoms with E-state index in [0.717, 1.165) is 16.5 Å². The Morgan fingerprint density at radius 2 is 2.00 bits per heavy atom. The zero-order valence-corrected chi connectivity index (χ0v) is 15.2. The van der Waals surface area contributed by atoms with Crippen LogP contribution in [0.1, 0.15) is 56.0 Å². The minimum Gasteiger partial charge on any atom is -0.461 e. The Labute approximate surface area is 152 Å². The van der Waals surface area contributed by atoms with E-state index < -0.39 is 0 Å². The van der Waals surface area contributed by atoms with E-state index >= 15 is 0 Å². The zero-order valence-electron chi connectivity index (χ0n) is 14.4. The van der Waals surface area contributed by atoms with Gasteiger partial charge in [-0.25, -0.2) is 0 Å². The summed E-state index contributed by atoms with van der Waals surface area (Å²) in [5, 5.41) is 9.77. The highest BCUT2D eigenvalue weighted by Crippen LogP contribution is 2.46. The zero-order chi connectivity index (χ0) is 17.2. The van der Waals surface area contributed by atoms with Crippen molar-refractivity contribution in [3.8, 4) is 0 Å². The molecule has 1 aromatic carbocycles. The predicted octanol–water partition coefficient (Wildman–Crippen LogP) is 3.96. The summed E-state index contributed by atoms with van der Waals surface area (Å²) in [4.78, 5) is 12.2. The second-order valence-electron chi connectivity index (χ2n) is 7.02. The van der Waals surface area contributed by atoms with Gasteiger partial charge in [-0.3, -0.25) is 4.79 Å². The Bertz CT molecular complexity index is 738. The van der Waals surface area contributed by atoms with Gasteiger partial charge in [0.25, 0.3) is 0 Å². The van der Waals surface area contributed by atoms with Crippen molar-refractivity contribution < 1.29 is 9.53 Å². The average Bonchev–Trinajstić information content (AvgIpc) is 3.57. The van der Waals surface area contributed by atoms with E-state index in [0.29, 0.717) is 24.3 Å². The molecule has 132 valence electrons. The molecule has 2 aromatic rings. The lowest BCUT2D eigenvalue weighted by Gasteiger charge is -2.12. The van der Waals surface area contributed by atoms with Crippen LogP contribution in [-0.2, 0) is 16.1 Å². The summed E-state index contributed by atoms with van der Waals surface area (Å²) in [5.74, 6) is 2.11. The van der Waals surface area contributed by atoms with Crippen molar-refractivity contribution in [3.63, 3.8) is 0 Å². The molecule has 2 fully saturated rings. The first-order valence-corrected chi connectivity index (χ1v) is 9.99. The van der Waals surface area contributed by atoms with Crippen molar-refractivity contribution >= 4 is 17.7 Å². The molecule has 0 radical (unpaired) electrons. The summed E-state index contributed by atoms with van der Waals surface area (Å²) in [7, 11) is 0. The molecule has 0 amide bonds. The van der Waals surface area contributed by atoms with Crippen LogP contribution in [0, 0.1) is 5.92 Å². The van der Waals surface area contributed by atoms with Crippen LogP contribution >= 0.6 is 11.8 Å². The second kappa shape index (κ2) is 7.20. The van der Waals surface area contributed by atoms with Crippen LogP contribution in [0.4, 0.5) is 0 Å². The lowest BCUT2D eigenvalue weighted by atomic mass is 10.2. The fourth-order valence-corrected chi connectivity index (χ4v) is 3.84. The first kappa shape index (κ1) is 16.6. The number of benzene rings is 1. The third-order valence-corrected chi connectivity index (χ3v) is 5.84. The Morgan fingerprint density at radius 1 is 1.24 bits per heavy atom. The Morgan fingerprint density at radius 3 is 2.68 bits per heavy atom. The number of carbonyl (C=O) groups excluding carboxylic acids is 1. The molecule has 6 heteroatoms. The molecule has 0 aliphatic heterocycles. The number of hydrogen-bond acceptors (Lipinski definition) is 5. The minimum atomic E-state index is -0.164. The number of esters is 1. The van der Waals surface area contributed by atoms with Crippen molar-refractivity contribution in [1.29, 1.82) is 0 Å². The van der Waals surface area contributed by atoms with E-state index in [1.54, 1.807) is 11.8 Å². The molecule has 0 saturated heterocycles. The van der Waals surface area contributed by atoms with Gasteiger partial charge in [0.1, 0.15) is 12.4 Å². The SMILES string of the molecule is CC(CSc1nnc(C2CC2)n1C1CC1)C(=O)OCc1ccccc1. The molecule has 1 atom stereocenters. The molecule has 2 aliphatic rings. The van der Waals surface area contributed by atoms with Gasteiger partial charge in [-0.15, -0.1) is 10.2 Å². The summed E-state index contributed by atoms with van der Waals surface area (Å²) >= 11 is 1.63. The lowest BCUT2D eigenvalue weighted by Crippen LogP contribution is -2.17. The highest BCUT2D eigenvalue weighted by molar-refractivity contribution is 7.99. The van der Waals surface area contributed by atoms with Gasteiger partial charge < -0.3 is 9.30 Å². The van der Waals surface area contributed by atoms with Crippen LogP contribution in [-0.4, -0.2) is 26.5 Å². The van der Waals surface area contributed by atoms with Gasteiger partial charge in [-0.2, -0.15) is 0 Å². The Kier molecular flexibility index (Phi) is 4.79. The smallest absolute Gasteiger partial charge is 0.309 e. The van der Waals surface area contributed by atoms with Crippen molar-refractivity contribution in [2.24, 2.45) is 5.92 Å². The third-order valence-electron chi connectivity index (χ3n) is 4.63. The fourth-order valence-electron chi connectivity index (χ4n) is 2.82. The standard InChI is InChI=1S/C19H23N3O2S/c1-13(18(23)24-11-14-5-3-2-4-6-14)12-25-19-21-20-17(15-7-8-15)22(19)16-9-10-16/h2-6,13,15-16H,7-12H2,1H3. The van der Waals surface area contributed by atoms with Crippen LogP contribution in [0.3, 0.4) is 0 Å². The number of nitrogens with zero attached hydrogens (tertiary/aromatic N) is 3. The summed E-state index contributed by atoms with van der Waals surface area (Å²) in [6.07, 6.45) is 4.91. The molecule has 25 heavy (non-hydrogen) atoms. The van der Waals surface area contributed by atoms with Crippen molar-refractivity contribution in [3.05, 3.63) is 41.7 Å². The number of ether oxygens (including phenoxy) is 1. The van der Waals surface area contributed by atoms with Crippen LogP contribution in [0.2, 0.25) is 0 Å². The molecule has 2 saturated carbocycles. The maximum absolute atomic E-state index is 12.2. The number of aromatic nitrogens is 3. The van der Waals surface area contributed by atoms with Crippen molar-refractivity contribution in [2.45, 2.75) is 56.3 Å². The lowest BCUT2D eigenvalue weighted by molar-refractivity contribution is -0.148. The van der Waals surface area contributed by atoms with Crippen molar-refractivity contribution in [2.75, 3.05) is 5.75 Å². The van der Waals surface area contributed by atoms with E-state index in [9.17, 15) is 4.79 Å². The van der Waals surface area contributed by atoms with Gasteiger partial charge in [-0.05, 0) is 31.2 Å². The summed E-state index contributed by atoms with van der Waals surface area (Å²) in [6, 6.07) is 10.4. The largest absolute Gasteiger partial charge is 0.461 e. The van der Waals surface area contributed by atoms with Gasteiger partial charge in [0.15, 0.2) is 5.16 Å². The van der Waals surface area contributed by atoms with Crippen LogP contribution < -0.4 is 0 Å². The predicted molar refractivity (Wildman–Crippen MR) is 96.4 cm³/mol. The molecule has 0 spiro atoms. The van der Waals surface area contributed by atoms with Gasteiger partial charge in [0.05, 0.1) is 5.92 Å². The fraction of sp³-hybridized carbons (Fsp3) is 0.526. The molecule has 2 aliphatic carbocycles. The number of hydrogen-bond donors (Lipinski definition) is 0. The molecule has 1 heterocycles. The first-order chi connectivity index (χ1) is 12.2. The summed E-state index contributed by atoms with van der Waals surface area (Å²) in [5.41, 5.74) is 1.01. The average molecular weight is 357 g/mol. The molecule has 1 unspecified atom stereocenters. The van der Waals surface area contributed by atoms with Crippen LogP contribution in [0.25, 0.3) is 0 Å². The van der Waals surface area contributed by atoms with Crippen LogP contribution in [0.5, 0.6) is 0 Å². The topological polar surface area (TPSA) is 57.0 Å². The number of rotatable bonds is 8. The summed E-state index contributed by atoms with van der Waals surface area (Å²) in [6.45, 7) is 2.25. The normalized spacial score (nSPS) is 18.1. The molecular weight excluding hydrogens is 334 g/mol. The van der Waals surface area contributed by atoms with Crippen molar-refractivity contribution in [1.82, 2.24) is 14.8 Å².